The van der Waals surface area contributed by atoms with Gasteiger partial charge in [-0.3, -0.25) is 0 Å². The van der Waals surface area contributed by atoms with Crippen LogP contribution < -0.4 is 0 Å². The molecule has 1 aromatic rings. The number of aryl methyl sites for hydroxylation is 1. The molecule has 0 heterocycles. The zero-order valence-corrected chi connectivity index (χ0v) is 20.0. The molecule has 0 atom stereocenters. The molecular formula is C30H45N. The fraction of sp³-hybridized carbons (Fsp3) is 0.700. The van der Waals surface area contributed by atoms with E-state index in [0.717, 1.165) is 17.8 Å². The molecule has 0 unspecified atom stereocenters. The van der Waals surface area contributed by atoms with Crippen LogP contribution in [-0.4, -0.2) is 0 Å². The van der Waals surface area contributed by atoms with Crippen molar-refractivity contribution in [1.82, 2.24) is 0 Å². The summed E-state index contributed by atoms with van der Waals surface area (Å²) < 4.78 is 0. The molecule has 0 N–H and O–H groups in total. The van der Waals surface area contributed by atoms with Crippen LogP contribution in [0.5, 0.6) is 0 Å². The number of nitrogens with zero attached hydrogens (tertiary/aromatic N) is 1. The first kappa shape index (κ1) is 24.1. The third kappa shape index (κ3) is 8.48. The molecule has 0 bridgehead atoms. The number of allylic oxidation sites excluding steroid dienone is 2. The number of hydrogen-bond acceptors (Lipinski definition) is 1. The molecule has 0 amide bonds. The lowest BCUT2D eigenvalue weighted by Gasteiger charge is -2.29. The van der Waals surface area contributed by atoms with Gasteiger partial charge in [-0.25, -0.2) is 0 Å². The van der Waals surface area contributed by atoms with E-state index in [1.54, 1.807) is 11.6 Å². The van der Waals surface area contributed by atoms with Crippen LogP contribution in [0.1, 0.15) is 120 Å². The van der Waals surface area contributed by atoms with Gasteiger partial charge in [0, 0.05) is 6.08 Å². The monoisotopic (exact) mass is 419 g/mol. The van der Waals surface area contributed by atoms with Crippen LogP contribution in [-0.2, 0) is 6.42 Å². The van der Waals surface area contributed by atoms with Gasteiger partial charge in [0.05, 0.1) is 6.07 Å². The van der Waals surface area contributed by atoms with Crippen molar-refractivity contribution in [3.8, 4) is 6.07 Å². The summed E-state index contributed by atoms with van der Waals surface area (Å²) >= 11 is 0. The van der Waals surface area contributed by atoms with Crippen LogP contribution >= 0.6 is 0 Å². The van der Waals surface area contributed by atoms with E-state index in [1.165, 1.54) is 108 Å². The minimum atomic E-state index is 0.670. The Labute approximate surface area is 192 Å². The topological polar surface area (TPSA) is 23.8 Å². The molecule has 1 nitrogen and oxygen atoms in total. The van der Waals surface area contributed by atoms with Gasteiger partial charge >= 0.3 is 0 Å². The van der Waals surface area contributed by atoms with Crippen molar-refractivity contribution in [2.45, 2.75) is 116 Å². The van der Waals surface area contributed by atoms with E-state index in [9.17, 15) is 0 Å². The SMILES string of the molecule is CCCCCc1ccc(C2CCC(CCCCC3CCC(/C=C/C#N)CC3)CC2)cc1. The lowest BCUT2D eigenvalue weighted by atomic mass is 9.76. The fourth-order valence-corrected chi connectivity index (χ4v) is 6.03. The summed E-state index contributed by atoms with van der Waals surface area (Å²) in [7, 11) is 0. The Morgan fingerprint density at radius 1 is 0.806 bits per heavy atom. The fourth-order valence-electron chi connectivity index (χ4n) is 6.03. The largest absolute Gasteiger partial charge is 0.193 e. The van der Waals surface area contributed by atoms with E-state index >= 15 is 0 Å². The maximum atomic E-state index is 8.68. The van der Waals surface area contributed by atoms with Crippen molar-refractivity contribution in [3.05, 3.63) is 47.5 Å². The molecule has 2 saturated carbocycles. The third-order valence-electron chi connectivity index (χ3n) is 8.18. The van der Waals surface area contributed by atoms with Crippen molar-refractivity contribution in [2.24, 2.45) is 17.8 Å². The van der Waals surface area contributed by atoms with Crippen LogP contribution in [0.25, 0.3) is 0 Å². The van der Waals surface area contributed by atoms with E-state index in [2.05, 4.69) is 43.3 Å². The molecule has 0 aromatic heterocycles. The van der Waals surface area contributed by atoms with Gasteiger partial charge in [-0.15, -0.1) is 0 Å². The molecule has 0 spiro atoms. The Kier molecular flexibility index (Phi) is 10.7. The Balaban J connectivity index is 1.26. The molecule has 1 heteroatoms. The summed E-state index contributed by atoms with van der Waals surface area (Å²) in [4.78, 5) is 0. The molecule has 2 fully saturated rings. The third-order valence-corrected chi connectivity index (χ3v) is 8.18. The Hall–Kier alpha value is -1.55. The van der Waals surface area contributed by atoms with Gasteiger partial charge in [0.1, 0.15) is 0 Å². The van der Waals surface area contributed by atoms with Gasteiger partial charge in [-0.2, -0.15) is 5.26 Å². The maximum Gasteiger partial charge on any atom is 0.0908 e. The zero-order chi connectivity index (χ0) is 21.7. The molecular weight excluding hydrogens is 374 g/mol. The highest BCUT2D eigenvalue weighted by molar-refractivity contribution is 5.26. The summed E-state index contributed by atoms with van der Waals surface area (Å²) in [6, 6.07) is 11.8. The van der Waals surface area contributed by atoms with E-state index in [4.69, 9.17) is 5.26 Å². The number of nitriles is 1. The minimum absolute atomic E-state index is 0.670. The molecule has 0 radical (unpaired) electrons. The molecule has 3 rings (SSSR count). The Morgan fingerprint density at radius 3 is 2.00 bits per heavy atom. The highest BCUT2D eigenvalue weighted by Crippen LogP contribution is 2.38. The Bertz CT molecular complexity index is 663. The lowest BCUT2D eigenvalue weighted by molar-refractivity contribution is 0.273. The van der Waals surface area contributed by atoms with Crippen molar-refractivity contribution in [3.63, 3.8) is 0 Å². The van der Waals surface area contributed by atoms with Gasteiger partial charge in [0.25, 0.3) is 0 Å². The zero-order valence-electron chi connectivity index (χ0n) is 20.0. The molecule has 0 aliphatic heterocycles. The number of rotatable bonds is 11. The predicted octanol–water partition coefficient (Wildman–Crippen LogP) is 9.14. The van der Waals surface area contributed by atoms with Crippen LogP contribution in [0, 0.1) is 29.1 Å². The summed E-state index contributed by atoms with van der Waals surface area (Å²) in [6.45, 7) is 2.28. The first-order chi connectivity index (χ1) is 15.3. The van der Waals surface area contributed by atoms with Crippen LogP contribution in [0.2, 0.25) is 0 Å². The second kappa shape index (κ2) is 13.8. The van der Waals surface area contributed by atoms with E-state index < -0.39 is 0 Å². The quantitative estimate of drug-likeness (QED) is 0.259. The molecule has 31 heavy (non-hydrogen) atoms. The van der Waals surface area contributed by atoms with Gasteiger partial charge in [-0.1, -0.05) is 75.8 Å². The highest BCUT2D eigenvalue weighted by Gasteiger charge is 2.23. The van der Waals surface area contributed by atoms with Crippen LogP contribution in [0.15, 0.2) is 36.4 Å². The van der Waals surface area contributed by atoms with Crippen molar-refractivity contribution in [1.29, 1.82) is 5.26 Å². The number of benzene rings is 1. The van der Waals surface area contributed by atoms with E-state index in [0.29, 0.717) is 5.92 Å². The maximum absolute atomic E-state index is 8.68. The molecule has 2 aliphatic rings. The summed E-state index contributed by atoms with van der Waals surface area (Å²) in [6.07, 6.45) is 25.9. The van der Waals surface area contributed by atoms with E-state index in [-0.39, 0.29) is 0 Å². The standard InChI is InChI=1S/C30H45N/c1-2-3-4-8-26-16-20-29(21-17-26)30-22-18-27(19-23-30)10-6-5-9-25-12-14-28(15-13-25)11-7-24-31/h7,11,16-17,20-21,25,27-28,30H,2-6,8-10,12-15,18-19,22-23H2,1H3/b11-7+. The predicted molar refractivity (Wildman–Crippen MR) is 133 cm³/mol. The van der Waals surface area contributed by atoms with Crippen molar-refractivity contribution in [2.75, 3.05) is 0 Å². The number of hydrogen-bond donors (Lipinski definition) is 0. The van der Waals surface area contributed by atoms with Crippen molar-refractivity contribution >= 4 is 0 Å². The molecule has 2 aliphatic carbocycles. The van der Waals surface area contributed by atoms with E-state index in [1.807, 2.05) is 0 Å². The average molecular weight is 420 g/mol. The second-order valence-corrected chi connectivity index (χ2v) is 10.5. The van der Waals surface area contributed by atoms with Gasteiger partial charge in [0.15, 0.2) is 0 Å². The Morgan fingerprint density at radius 2 is 1.42 bits per heavy atom. The molecule has 170 valence electrons. The van der Waals surface area contributed by atoms with Crippen LogP contribution in [0.3, 0.4) is 0 Å². The lowest BCUT2D eigenvalue weighted by Crippen LogP contribution is -2.14. The van der Waals surface area contributed by atoms with Crippen LogP contribution in [0.4, 0.5) is 0 Å². The highest BCUT2D eigenvalue weighted by atomic mass is 14.3. The minimum Gasteiger partial charge on any atom is -0.193 e. The smallest absolute Gasteiger partial charge is 0.0908 e. The first-order valence-electron chi connectivity index (χ1n) is 13.4. The summed E-state index contributed by atoms with van der Waals surface area (Å²) in [5.41, 5.74) is 3.12. The first-order valence-corrected chi connectivity index (χ1v) is 13.4. The van der Waals surface area contributed by atoms with Crippen molar-refractivity contribution < 1.29 is 0 Å². The normalized spacial score (nSPS) is 26.7. The van der Waals surface area contributed by atoms with Gasteiger partial charge < -0.3 is 0 Å². The summed E-state index contributed by atoms with van der Waals surface area (Å²) in [5.74, 6) is 3.42. The second-order valence-electron chi connectivity index (χ2n) is 10.5. The molecule has 1 aromatic carbocycles. The summed E-state index contributed by atoms with van der Waals surface area (Å²) in [5, 5.41) is 8.68. The molecule has 0 saturated heterocycles. The van der Waals surface area contributed by atoms with Gasteiger partial charge in [0.2, 0.25) is 0 Å². The number of unbranched alkanes of at least 4 members (excludes halogenated alkanes) is 3. The van der Waals surface area contributed by atoms with Gasteiger partial charge in [-0.05, 0) is 99.0 Å². The average Bonchev–Trinajstić information content (AvgIpc) is 2.82.